The van der Waals surface area contributed by atoms with E-state index in [0.717, 1.165) is 0 Å². The Bertz CT molecular complexity index is 380. The molecule has 1 aromatic rings. The predicted octanol–water partition coefficient (Wildman–Crippen LogP) is 4.05. The van der Waals surface area contributed by atoms with Crippen LogP contribution in [0.15, 0.2) is 30.8 Å². The van der Waals surface area contributed by atoms with Crippen LogP contribution >= 0.6 is 0 Å². The second kappa shape index (κ2) is 4.60. The average molecular weight is 230 g/mol. The molecule has 0 atom stereocenters. The number of halogens is 3. The molecule has 4 heteroatoms. The molecule has 0 amide bonds. The summed E-state index contributed by atoms with van der Waals surface area (Å²) in [4.78, 5) is 0. The lowest BCUT2D eigenvalue weighted by Crippen LogP contribution is -2.10. The number of alkyl halides is 3. The molecule has 0 fully saturated rings. The third-order valence-electron chi connectivity index (χ3n) is 1.90. The Hall–Kier alpha value is -1.45. The van der Waals surface area contributed by atoms with E-state index in [1.807, 2.05) is 13.8 Å². The van der Waals surface area contributed by atoms with Crippen LogP contribution in [-0.4, -0.2) is 12.3 Å². The molecule has 0 heterocycles. The van der Waals surface area contributed by atoms with Crippen LogP contribution in [0.5, 0.6) is 5.75 Å². The topological polar surface area (TPSA) is 9.23 Å². The van der Waals surface area contributed by atoms with Gasteiger partial charge in [-0.3, -0.25) is 0 Å². The van der Waals surface area contributed by atoms with Gasteiger partial charge in [0.2, 0.25) is 0 Å². The van der Waals surface area contributed by atoms with Crippen molar-refractivity contribution in [3.05, 3.63) is 36.4 Å². The van der Waals surface area contributed by atoms with Crippen LogP contribution < -0.4 is 4.74 Å². The summed E-state index contributed by atoms with van der Waals surface area (Å²) >= 11 is 0. The van der Waals surface area contributed by atoms with Crippen molar-refractivity contribution < 1.29 is 17.9 Å². The summed E-state index contributed by atoms with van der Waals surface area (Å²) in [5.41, 5.74) is -0.827. The minimum atomic E-state index is -4.41. The van der Waals surface area contributed by atoms with Gasteiger partial charge < -0.3 is 4.74 Å². The Morgan fingerprint density at radius 3 is 2.44 bits per heavy atom. The minimum absolute atomic E-state index is 0.0330. The minimum Gasteiger partial charge on any atom is -0.491 e. The Balaban J connectivity index is 2.95. The first kappa shape index (κ1) is 12.6. The maximum atomic E-state index is 12.4. The molecule has 0 aromatic heterocycles. The predicted molar refractivity (Wildman–Crippen MR) is 57.3 cm³/mol. The summed E-state index contributed by atoms with van der Waals surface area (Å²) < 4.78 is 42.5. The fourth-order valence-corrected chi connectivity index (χ4v) is 1.19. The summed E-state index contributed by atoms with van der Waals surface area (Å²) in [6.07, 6.45) is -4.48. The molecule has 88 valence electrons. The Kier molecular flexibility index (Phi) is 3.62. The first-order chi connectivity index (χ1) is 7.30. The monoisotopic (exact) mass is 230 g/mol. The highest BCUT2D eigenvalue weighted by Gasteiger charge is 2.32. The van der Waals surface area contributed by atoms with Crippen LogP contribution in [0, 0.1) is 0 Å². The van der Waals surface area contributed by atoms with E-state index < -0.39 is 11.7 Å². The zero-order valence-electron chi connectivity index (χ0n) is 9.14. The van der Waals surface area contributed by atoms with Gasteiger partial charge in [0.15, 0.2) is 0 Å². The molecule has 0 spiro atoms. The number of ether oxygens (including phenoxy) is 1. The van der Waals surface area contributed by atoms with Crippen molar-refractivity contribution >= 4 is 5.57 Å². The van der Waals surface area contributed by atoms with Crippen LogP contribution in [0.3, 0.4) is 0 Å². The van der Waals surface area contributed by atoms with Gasteiger partial charge in [-0.05, 0) is 31.5 Å². The van der Waals surface area contributed by atoms with Gasteiger partial charge in [0.05, 0.1) is 11.7 Å². The molecule has 0 unspecified atom stereocenters. The van der Waals surface area contributed by atoms with Crippen molar-refractivity contribution in [1.29, 1.82) is 0 Å². The highest BCUT2D eigenvalue weighted by atomic mass is 19.4. The van der Waals surface area contributed by atoms with Gasteiger partial charge in [0.25, 0.3) is 0 Å². The summed E-state index contributed by atoms with van der Waals surface area (Å²) in [5, 5.41) is 0. The standard InChI is InChI=1S/C12H13F3O/c1-8(2)16-11-6-4-5-10(7-11)9(3)12(13,14)15/h4-8H,3H2,1-2H3. The van der Waals surface area contributed by atoms with Crippen molar-refractivity contribution in [3.8, 4) is 5.75 Å². The van der Waals surface area contributed by atoms with Crippen LogP contribution in [-0.2, 0) is 0 Å². The smallest absolute Gasteiger partial charge is 0.416 e. The number of benzene rings is 1. The third kappa shape index (κ3) is 3.29. The summed E-state index contributed by atoms with van der Waals surface area (Å²) in [5.74, 6) is 0.415. The van der Waals surface area contributed by atoms with E-state index in [0.29, 0.717) is 5.75 Å². The second-order valence-corrected chi connectivity index (χ2v) is 3.67. The highest BCUT2D eigenvalue weighted by Crippen LogP contribution is 2.33. The zero-order valence-corrected chi connectivity index (χ0v) is 9.14. The number of hydrogen-bond acceptors (Lipinski definition) is 1. The van der Waals surface area contributed by atoms with Gasteiger partial charge in [0.1, 0.15) is 5.75 Å². The molecule has 0 aliphatic carbocycles. The van der Waals surface area contributed by atoms with E-state index in [-0.39, 0.29) is 11.7 Å². The van der Waals surface area contributed by atoms with Gasteiger partial charge in [-0.15, -0.1) is 0 Å². The molecule has 0 bridgehead atoms. The Labute approximate surface area is 92.5 Å². The largest absolute Gasteiger partial charge is 0.491 e. The third-order valence-corrected chi connectivity index (χ3v) is 1.90. The average Bonchev–Trinajstić information content (AvgIpc) is 2.14. The van der Waals surface area contributed by atoms with Gasteiger partial charge in [-0.25, -0.2) is 0 Å². The molecule has 0 aliphatic rings. The van der Waals surface area contributed by atoms with E-state index in [4.69, 9.17) is 4.74 Å². The van der Waals surface area contributed by atoms with E-state index in [1.54, 1.807) is 6.07 Å². The lowest BCUT2D eigenvalue weighted by atomic mass is 10.1. The SMILES string of the molecule is C=C(c1cccc(OC(C)C)c1)C(F)(F)F. The Morgan fingerprint density at radius 2 is 1.94 bits per heavy atom. The summed E-state index contributed by atoms with van der Waals surface area (Å²) in [6, 6.07) is 5.84. The first-order valence-corrected chi connectivity index (χ1v) is 4.84. The molecular formula is C12H13F3O. The molecule has 0 radical (unpaired) electrons. The molecule has 0 N–H and O–H groups in total. The molecular weight excluding hydrogens is 217 g/mol. The molecule has 0 saturated carbocycles. The van der Waals surface area contributed by atoms with Crippen molar-refractivity contribution in [2.75, 3.05) is 0 Å². The molecule has 1 aromatic carbocycles. The number of rotatable bonds is 3. The van der Waals surface area contributed by atoms with Gasteiger partial charge >= 0.3 is 6.18 Å². The fourth-order valence-electron chi connectivity index (χ4n) is 1.19. The summed E-state index contributed by atoms with van der Waals surface area (Å²) in [7, 11) is 0. The lowest BCUT2D eigenvalue weighted by Gasteiger charge is -2.13. The van der Waals surface area contributed by atoms with Crippen molar-refractivity contribution in [2.24, 2.45) is 0 Å². The maximum Gasteiger partial charge on any atom is 0.416 e. The van der Waals surface area contributed by atoms with E-state index in [1.165, 1.54) is 18.2 Å². The molecule has 16 heavy (non-hydrogen) atoms. The first-order valence-electron chi connectivity index (χ1n) is 4.84. The van der Waals surface area contributed by atoms with Gasteiger partial charge in [-0.2, -0.15) is 13.2 Å². The second-order valence-electron chi connectivity index (χ2n) is 3.67. The lowest BCUT2D eigenvalue weighted by molar-refractivity contribution is -0.0686. The molecule has 1 rings (SSSR count). The molecule has 1 nitrogen and oxygen atoms in total. The quantitative estimate of drug-likeness (QED) is 0.761. The summed E-state index contributed by atoms with van der Waals surface area (Å²) in [6.45, 7) is 6.66. The van der Waals surface area contributed by atoms with Gasteiger partial charge in [-0.1, -0.05) is 18.7 Å². The van der Waals surface area contributed by atoms with Crippen LogP contribution in [0.4, 0.5) is 13.2 Å². The molecule has 0 aliphatic heterocycles. The Morgan fingerprint density at radius 1 is 1.31 bits per heavy atom. The fraction of sp³-hybridized carbons (Fsp3) is 0.333. The van der Waals surface area contributed by atoms with Crippen molar-refractivity contribution in [1.82, 2.24) is 0 Å². The van der Waals surface area contributed by atoms with Crippen LogP contribution in [0.25, 0.3) is 5.57 Å². The van der Waals surface area contributed by atoms with E-state index >= 15 is 0 Å². The van der Waals surface area contributed by atoms with Crippen molar-refractivity contribution in [3.63, 3.8) is 0 Å². The highest BCUT2D eigenvalue weighted by molar-refractivity contribution is 5.68. The van der Waals surface area contributed by atoms with Gasteiger partial charge in [0, 0.05) is 0 Å². The van der Waals surface area contributed by atoms with Crippen molar-refractivity contribution in [2.45, 2.75) is 26.1 Å². The van der Waals surface area contributed by atoms with Crippen LogP contribution in [0.1, 0.15) is 19.4 Å². The number of hydrogen-bond donors (Lipinski definition) is 0. The van der Waals surface area contributed by atoms with Crippen LogP contribution in [0.2, 0.25) is 0 Å². The van der Waals surface area contributed by atoms with E-state index in [2.05, 4.69) is 6.58 Å². The molecule has 0 saturated heterocycles. The maximum absolute atomic E-state index is 12.4. The normalized spacial score (nSPS) is 11.6. The number of allylic oxidation sites excluding steroid dienone is 1. The van der Waals surface area contributed by atoms with E-state index in [9.17, 15) is 13.2 Å². The zero-order chi connectivity index (χ0) is 12.3.